The van der Waals surface area contributed by atoms with Gasteiger partial charge in [-0.1, -0.05) is 25.2 Å². The number of sulfonamides is 1. The molecule has 1 unspecified atom stereocenters. The number of aliphatic hydroxyl groups excluding tert-OH is 1. The van der Waals surface area contributed by atoms with Crippen molar-refractivity contribution < 1.29 is 18.3 Å². The van der Waals surface area contributed by atoms with Gasteiger partial charge in [-0.05, 0) is 12.5 Å². The van der Waals surface area contributed by atoms with E-state index < -0.39 is 10.0 Å². The first kappa shape index (κ1) is 17.6. The van der Waals surface area contributed by atoms with Crippen molar-refractivity contribution in [3.63, 3.8) is 0 Å². The molecule has 0 amide bonds. The molecule has 116 valence electrons. The van der Waals surface area contributed by atoms with Crippen molar-refractivity contribution in [2.24, 2.45) is 0 Å². The molecule has 1 aromatic heterocycles. The summed E-state index contributed by atoms with van der Waals surface area (Å²) in [4.78, 5) is 3.91. The molecule has 6 nitrogen and oxygen atoms in total. The molecule has 0 spiro atoms. The highest BCUT2D eigenvalue weighted by Crippen LogP contribution is 2.11. The first-order valence-corrected chi connectivity index (χ1v) is 8.07. The van der Waals surface area contributed by atoms with Crippen LogP contribution >= 0.6 is 0 Å². The van der Waals surface area contributed by atoms with Crippen LogP contribution in [0.1, 0.15) is 25.3 Å². The quantitative estimate of drug-likeness (QED) is 0.717. The fourth-order valence-electron chi connectivity index (χ4n) is 1.79. The molecule has 1 atom stereocenters. The van der Waals surface area contributed by atoms with E-state index in [1.807, 2.05) is 6.92 Å². The molecule has 0 saturated heterocycles. The van der Waals surface area contributed by atoms with E-state index in [4.69, 9.17) is 9.84 Å². The molecule has 7 heteroatoms. The normalized spacial score (nSPS) is 12.5. The Morgan fingerprint density at radius 2 is 2.24 bits per heavy atom. The Kier molecular flexibility index (Phi) is 7.32. The van der Waals surface area contributed by atoms with Crippen LogP contribution in [0.15, 0.2) is 23.4 Å². The van der Waals surface area contributed by atoms with Crippen molar-refractivity contribution in [3.05, 3.63) is 24.0 Å². The summed E-state index contributed by atoms with van der Waals surface area (Å²) in [6, 6.07) is 1.14. The molecule has 21 heavy (non-hydrogen) atoms. The van der Waals surface area contributed by atoms with E-state index in [0.717, 1.165) is 6.42 Å². The number of nitrogens with zero attached hydrogens (tertiary/aromatic N) is 1. The van der Waals surface area contributed by atoms with Crippen molar-refractivity contribution in [1.29, 1.82) is 0 Å². The predicted molar refractivity (Wildman–Crippen MR) is 79.1 cm³/mol. The van der Waals surface area contributed by atoms with Crippen molar-refractivity contribution in [2.45, 2.75) is 30.7 Å². The zero-order valence-corrected chi connectivity index (χ0v) is 13.0. The lowest BCUT2D eigenvalue weighted by molar-refractivity contribution is 0.171. The first-order chi connectivity index (χ1) is 10.0. The predicted octanol–water partition coefficient (Wildman–Crippen LogP) is 0.519. The van der Waals surface area contributed by atoms with E-state index in [2.05, 4.69) is 21.5 Å². The van der Waals surface area contributed by atoms with E-state index in [1.54, 1.807) is 0 Å². The van der Waals surface area contributed by atoms with Crippen LogP contribution < -0.4 is 4.72 Å². The summed E-state index contributed by atoms with van der Waals surface area (Å²) in [5.74, 6) is 5.09. The van der Waals surface area contributed by atoms with Crippen LogP contribution in [0.3, 0.4) is 0 Å². The summed E-state index contributed by atoms with van der Waals surface area (Å²) >= 11 is 0. The molecular weight excluding hydrogens is 292 g/mol. The molecule has 1 heterocycles. The van der Waals surface area contributed by atoms with Gasteiger partial charge in [0.1, 0.15) is 11.5 Å². The second-order valence-corrected chi connectivity index (χ2v) is 6.15. The second kappa shape index (κ2) is 8.74. The number of hydrogen-bond donors (Lipinski definition) is 2. The molecule has 1 rings (SSSR count). The summed E-state index contributed by atoms with van der Waals surface area (Å²) < 4.78 is 32.3. The fourth-order valence-corrected chi connectivity index (χ4v) is 3.03. The average Bonchev–Trinajstić information content (AvgIpc) is 2.45. The Bertz CT molecular complexity index is 599. The largest absolute Gasteiger partial charge is 0.384 e. The van der Waals surface area contributed by atoms with Crippen LogP contribution in [0.2, 0.25) is 0 Å². The third-order valence-electron chi connectivity index (χ3n) is 2.66. The van der Waals surface area contributed by atoms with Crippen molar-refractivity contribution in [2.75, 3.05) is 20.3 Å². The molecule has 0 bridgehead atoms. The highest BCUT2D eigenvalue weighted by Gasteiger charge is 2.20. The summed E-state index contributed by atoms with van der Waals surface area (Å²) in [5, 5.41) is 8.66. The number of ether oxygens (including phenoxy) is 1. The van der Waals surface area contributed by atoms with Crippen molar-refractivity contribution >= 4 is 10.0 Å². The number of hydrogen-bond acceptors (Lipinski definition) is 5. The van der Waals surface area contributed by atoms with E-state index in [1.165, 1.54) is 25.6 Å². The summed E-state index contributed by atoms with van der Waals surface area (Å²) in [5.41, 5.74) is 0.436. The van der Waals surface area contributed by atoms with Gasteiger partial charge in [-0.2, -0.15) is 0 Å². The van der Waals surface area contributed by atoms with Crippen molar-refractivity contribution in [1.82, 2.24) is 9.71 Å². The molecule has 0 aliphatic heterocycles. The zero-order valence-electron chi connectivity index (χ0n) is 12.2. The van der Waals surface area contributed by atoms with Gasteiger partial charge in [0, 0.05) is 31.1 Å². The van der Waals surface area contributed by atoms with Gasteiger partial charge in [-0.15, -0.1) is 0 Å². The topological polar surface area (TPSA) is 88.5 Å². The lowest BCUT2D eigenvalue weighted by Crippen LogP contribution is -2.37. The van der Waals surface area contributed by atoms with Crippen LogP contribution in [-0.4, -0.2) is 44.9 Å². The van der Waals surface area contributed by atoms with Gasteiger partial charge in [0.25, 0.3) is 0 Å². The highest BCUT2D eigenvalue weighted by molar-refractivity contribution is 7.89. The van der Waals surface area contributed by atoms with Crippen LogP contribution in [0, 0.1) is 11.8 Å². The third kappa shape index (κ3) is 5.81. The molecular formula is C14H20N2O4S. The highest BCUT2D eigenvalue weighted by atomic mass is 32.2. The number of methoxy groups -OCH3 is 1. The Labute approximate surface area is 125 Å². The maximum absolute atomic E-state index is 12.3. The first-order valence-electron chi connectivity index (χ1n) is 6.59. The summed E-state index contributed by atoms with van der Waals surface area (Å²) in [7, 11) is -2.14. The Hall–Kier alpha value is -1.46. The van der Waals surface area contributed by atoms with Gasteiger partial charge in [0.05, 0.1) is 6.61 Å². The van der Waals surface area contributed by atoms with Gasteiger partial charge in [0.15, 0.2) is 0 Å². The SMILES string of the molecule is CCCC(COC)NS(=O)(=O)c1cncc(C#CCO)c1. The fraction of sp³-hybridized carbons (Fsp3) is 0.500. The van der Waals surface area contributed by atoms with Gasteiger partial charge in [-0.25, -0.2) is 13.1 Å². The van der Waals surface area contributed by atoms with Crippen molar-refractivity contribution in [3.8, 4) is 11.8 Å². The number of aromatic nitrogens is 1. The summed E-state index contributed by atoms with van der Waals surface area (Å²) in [6.45, 7) is 2.00. The maximum Gasteiger partial charge on any atom is 0.242 e. The molecule has 2 N–H and O–H groups in total. The van der Waals surface area contributed by atoms with E-state index in [0.29, 0.717) is 18.6 Å². The van der Waals surface area contributed by atoms with Crippen LogP contribution in [0.5, 0.6) is 0 Å². The lowest BCUT2D eigenvalue weighted by atomic mass is 10.2. The monoisotopic (exact) mass is 312 g/mol. The second-order valence-electron chi connectivity index (χ2n) is 4.43. The molecule has 1 aromatic rings. The maximum atomic E-state index is 12.3. The summed E-state index contributed by atoms with van der Waals surface area (Å²) in [6.07, 6.45) is 4.24. The number of aliphatic hydroxyl groups is 1. The standard InChI is InChI=1S/C14H20N2O4S/c1-3-5-13(11-20-2)16-21(18,19)14-8-12(6-4-7-17)9-15-10-14/h8-10,13,16-17H,3,5,7,11H2,1-2H3. The van der Waals surface area contributed by atoms with Crippen LogP contribution in [0.25, 0.3) is 0 Å². The molecule has 0 radical (unpaired) electrons. The van der Waals surface area contributed by atoms with Gasteiger partial charge >= 0.3 is 0 Å². The van der Waals surface area contributed by atoms with Crippen LogP contribution in [-0.2, 0) is 14.8 Å². The minimum Gasteiger partial charge on any atom is -0.384 e. The lowest BCUT2D eigenvalue weighted by Gasteiger charge is -2.17. The Morgan fingerprint density at radius 1 is 1.48 bits per heavy atom. The van der Waals surface area contributed by atoms with E-state index in [9.17, 15) is 8.42 Å². The Balaban J connectivity index is 2.96. The van der Waals surface area contributed by atoms with Gasteiger partial charge in [0.2, 0.25) is 10.0 Å². The number of nitrogens with one attached hydrogen (secondary N) is 1. The smallest absolute Gasteiger partial charge is 0.242 e. The molecule has 0 saturated carbocycles. The number of rotatable bonds is 7. The third-order valence-corrected chi connectivity index (χ3v) is 4.15. The van der Waals surface area contributed by atoms with Crippen LogP contribution in [0.4, 0.5) is 0 Å². The Morgan fingerprint density at radius 3 is 2.86 bits per heavy atom. The minimum atomic E-state index is -3.67. The molecule has 0 aromatic carbocycles. The van der Waals surface area contributed by atoms with E-state index in [-0.39, 0.29) is 17.5 Å². The molecule has 0 aliphatic carbocycles. The average molecular weight is 312 g/mol. The molecule has 0 fully saturated rings. The minimum absolute atomic E-state index is 0.0458. The zero-order chi connectivity index (χ0) is 15.7. The number of pyridine rings is 1. The molecule has 0 aliphatic rings. The van der Waals surface area contributed by atoms with E-state index >= 15 is 0 Å². The van der Waals surface area contributed by atoms with Gasteiger partial charge < -0.3 is 9.84 Å². The van der Waals surface area contributed by atoms with Gasteiger partial charge in [-0.3, -0.25) is 4.98 Å².